The maximum Gasteiger partial charge on any atom is 0.402 e. The number of benzene rings is 1. The van der Waals surface area contributed by atoms with Gasteiger partial charge in [0.1, 0.15) is 6.54 Å². The molecule has 1 aromatic carbocycles. The number of aryl methyl sites for hydroxylation is 1. The minimum atomic E-state index is -4.17. The molecule has 0 saturated carbocycles. The van der Waals surface area contributed by atoms with Crippen LogP contribution in [-0.2, 0) is 0 Å². The van der Waals surface area contributed by atoms with E-state index in [2.05, 4.69) is 20.7 Å². The first kappa shape index (κ1) is 12.9. The largest absolute Gasteiger partial charge is 0.402 e. The molecule has 0 heterocycles. The van der Waals surface area contributed by atoms with E-state index < -0.39 is 12.7 Å². The highest BCUT2D eigenvalue weighted by atomic mass is 79.9. The molecule has 0 spiro atoms. The lowest BCUT2D eigenvalue weighted by Crippen LogP contribution is -2.23. The molecule has 0 aliphatic rings. The van der Waals surface area contributed by atoms with Crippen molar-refractivity contribution in [3.05, 3.63) is 28.2 Å². The molecule has 0 fully saturated rings. The smallest absolute Gasteiger partial charge is 0.251 e. The van der Waals surface area contributed by atoms with Crippen molar-refractivity contribution in [2.75, 3.05) is 6.54 Å². The Balaban J connectivity index is 2.51. The molecule has 1 rings (SSSR count). The predicted molar refractivity (Wildman–Crippen MR) is 58.8 cm³/mol. The fraction of sp³-hybridized carbons (Fsp3) is 0.333. The summed E-state index contributed by atoms with van der Waals surface area (Å²) in [5, 5.41) is 0. The van der Waals surface area contributed by atoms with Gasteiger partial charge in [-0.2, -0.15) is 13.2 Å². The number of rotatable bonds is 3. The summed E-state index contributed by atoms with van der Waals surface area (Å²) in [7, 11) is 0. The monoisotopic (exact) mass is 299 g/mol. The van der Waals surface area contributed by atoms with Crippen molar-refractivity contribution >= 4 is 27.9 Å². The average Bonchev–Trinajstić information content (AvgIpc) is 2.07. The first-order chi connectivity index (χ1) is 6.88. The molecule has 6 heteroatoms. The first-order valence-corrected chi connectivity index (χ1v) is 5.72. The van der Waals surface area contributed by atoms with Crippen molar-refractivity contribution in [3.63, 3.8) is 0 Å². The van der Waals surface area contributed by atoms with Gasteiger partial charge in [-0.3, -0.25) is 4.72 Å². The van der Waals surface area contributed by atoms with Crippen LogP contribution in [0.2, 0.25) is 0 Å². The third-order valence-electron chi connectivity index (χ3n) is 1.59. The van der Waals surface area contributed by atoms with E-state index in [9.17, 15) is 13.2 Å². The van der Waals surface area contributed by atoms with E-state index in [0.29, 0.717) is 0 Å². The van der Waals surface area contributed by atoms with Gasteiger partial charge < -0.3 is 0 Å². The Bertz CT molecular complexity index is 341. The van der Waals surface area contributed by atoms with Gasteiger partial charge in [-0.25, -0.2) is 0 Å². The molecule has 0 radical (unpaired) electrons. The van der Waals surface area contributed by atoms with Crippen molar-refractivity contribution in [3.8, 4) is 0 Å². The average molecular weight is 300 g/mol. The van der Waals surface area contributed by atoms with Crippen LogP contribution < -0.4 is 4.72 Å². The highest BCUT2D eigenvalue weighted by Crippen LogP contribution is 2.24. The van der Waals surface area contributed by atoms with Gasteiger partial charge in [0.15, 0.2) is 0 Å². The van der Waals surface area contributed by atoms with E-state index in [0.717, 1.165) is 26.9 Å². The van der Waals surface area contributed by atoms with Gasteiger partial charge in [-0.05, 0) is 42.6 Å². The maximum absolute atomic E-state index is 11.8. The van der Waals surface area contributed by atoms with E-state index in [1.807, 2.05) is 13.0 Å². The summed E-state index contributed by atoms with van der Waals surface area (Å²) in [6.07, 6.45) is -4.17. The minimum absolute atomic E-state index is 0.794. The molecule has 84 valence electrons. The topological polar surface area (TPSA) is 12.0 Å². The number of nitrogens with one attached hydrogen (secondary N) is 1. The van der Waals surface area contributed by atoms with Gasteiger partial charge in [0.25, 0.3) is 0 Å². The molecule has 0 bridgehead atoms. The van der Waals surface area contributed by atoms with Gasteiger partial charge in [0.05, 0.1) is 0 Å². The molecular weight excluding hydrogens is 291 g/mol. The Kier molecular flexibility index (Phi) is 4.48. The molecule has 0 atom stereocenters. The molecule has 0 aliphatic carbocycles. The zero-order valence-electron chi connectivity index (χ0n) is 7.86. The quantitative estimate of drug-likeness (QED) is 0.849. The maximum atomic E-state index is 11.8. The van der Waals surface area contributed by atoms with Crippen LogP contribution >= 0.6 is 27.9 Å². The molecule has 15 heavy (non-hydrogen) atoms. The minimum Gasteiger partial charge on any atom is -0.251 e. The second kappa shape index (κ2) is 5.23. The van der Waals surface area contributed by atoms with E-state index in [1.165, 1.54) is 0 Å². The number of hydrogen-bond acceptors (Lipinski definition) is 2. The van der Waals surface area contributed by atoms with Crippen molar-refractivity contribution in [2.45, 2.75) is 18.0 Å². The standard InChI is InChI=1S/C9H9BrF3NS/c1-6-4-7(10)2-3-8(6)15-14-5-9(11,12)13/h2-4,14H,5H2,1H3. The SMILES string of the molecule is Cc1cc(Br)ccc1SNCC(F)(F)F. The summed E-state index contributed by atoms with van der Waals surface area (Å²) >= 11 is 4.28. The molecule has 0 unspecified atom stereocenters. The summed E-state index contributed by atoms with van der Waals surface area (Å²) < 4.78 is 38.7. The van der Waals surface area contributed by atoms with Gasteiger partial charge in [-0.15, -0.1) is 0 Å². The third kappa shape index (κ3) is 4.90. The van der Waals surface area contributed by atoms with Gasteiger partial charge in [0, 0.05) is 9.37 Å². The second-order valence-corrected chi connectivity index (χ2v) is 4.80. The Morgan fingerprint density at radius 3 is 2.60 bits per heavy atom. The lowest BCUT2D eigenvalue weighted by atomic mass is 10.2. The Labute approximate surface area is 98.7 Å². The van der Waals surface area contributed by atoms with Crippen molar-refractivity contribution in [2.24, 2.45) is 0 Å². The van der Waals surface area contributed by atoms with Crippen LogP contribution in [-0.4, -0.2) is 12.7 Å². The predicted octanol–water partition coefficient (Wildman–Crippen LogP) is 3.92. The molecule has 1 aromatic rings. The van der Waals surface area contributed by atoms with Crippen LogP contribution in [0.3, 0.4) is 0 Å². The van der Waals surface area contributed by atoms with Crippen LogP contribution in [0.25, 0.3) is 0 Å². The van der Waals surface area contributed by atoms with Crippen LogP contribution in [0.15, 0.2) is 27.6 Å². The zero-order chi connectivity index (χ0) is 11.5. The van der Waals surface area contributed by atoms with Crippen molar-refractivity contribution < 1.29 is 13.2 Å². The number of hydrogen-bond donors (Lipinski definition) is 1. The van der Waals surface area contributed by atoms with Crippen molar-refractivity contribution in [1.29, 1.82) is 0 Å². The summed E-state index contributed by atoms with van der Waals surface area (Å²) in [4.78, 5) is 0.794. The molecule has 0 amide bonds. The van der Waals surface area contributed by atoms with E-state index >= 15 is 0 Å². The normalized spacial score (nSPS) is 11.8. The number of alkyl halides is 3. The Morgan fingerprint density at radius 2 is 2.07 bits per heavy atom. The summed E-state index contributed by atoms with van der Waals surface area (Å²) in [6, 6.07) is 5.43. The molecule has 0 aliphatic heterocycles. The first-order valence-electron chi connectivity index (χ1n) is 4.11. The van der Waals surface area contributed by atoms with Gasteiger partial charge in [0.2, 0.25) is 0 Å². The summed E-state index contributed by atoms with van der Waals surface area (Å²) in [5.74, 6) is 0. The van der Waals surface area contributed by atoms with E-state index in [4.69, 9.17) is 0 Å². The third-order valence-corrected chi connectivity index (χ3v) is 3.05. The fourth-order valence-electron chi connectivity index (χ4n) is 0.923. The molecule has 1 N–H and O–H groups in total. The highest BCUT2D eigenvalue weighted by molar-refractivity contribution is 9.10. The zero-order valence-corrected chi connectivity index (χ0v) is 10.3. The van der Waals surface area contributed by atoms with E-state index in [1.54, 1.807) is 12.1 Å². The Hall–Kier alpha value is -0.200. The van der Waals surface area contributed by atoms with Crippen LogP contribution in [0, 0.1) is 6.92 Å². The van der Waals surface area contributed by atoms with Crippen LogP contribution in [0.5, 0.6) is 0 Å². The van der Waals surface area contributed by atoms with Crippen LogP contribution in [0.4, 0.5) is 13.2 Å². The fourth-order valence-corrected chi connectivity index (χ4v) is 2.15. The molecule has 0 saturated heterocycles. The van der Waals surface area contributed by atoms with Gasteiger partial charge >= 0.3 is 6.18 Å². The van der Waals surface area contributed by atoms with E-state index in [-0.39, 0.29) is 0 Å². The lowest BCUT2D eigenvalue weighted by Gasteiger charge is -2.09. The molecular formula is C9H9BrF3NS. The molecule has 1 nitrogen and oxygen atoms in total. The highest BCUT2D eigenvalue weighted by Gasteiger charge is 2.26. The summed E-state index contributed by atoms with van der Waals surface area (Å²) in [6.45, 7) is 0.857. The van der Waals surface area contributed by atoms with Crippen LogP contribution in [0.1, 0.15) is 5.56 Å². The lowest BCUT2D eigenvalue weighted by molar-refractivity contribution is -0.120. The van der Waals surface area contributed by atoms with Gasteiger partial charge in [-0.1, -0.05) is 15.9 Å². The number of halogens is 4. The van der Waals surface area contributed by atoms with Crippen molar-refractivity contribution in [1.82, 2.24) is 4.72 Å². The Morgan fingerprint density at radius 1 is 1.40 bits per heavy atom. The molecule has 0 aromatic heterocycles. The summed E-state index contributed by atoms with van der Waals surface area (Å²) in [5.41, 5.74) is 0.934. The second-order valence-electron chi connectivity index (χ2n) is 2.95.